The number of rotatable bonds is 6. The molecule has 2 aliphatic rings. The molecule has 1 aromatic carbocycles. The van der Waals surface area contributed by atoms with E-state index in [0.717, 1.165) is 66.7 Å². The fraction of sp³-hybridized carbons (Fsp3) is 0.524. The van der Waals surface area contributed by atoms with Gasteiger partial charge in [-0.15, -0.1) is 0 Å². The third-order valence-corrected chi connectivity index (χ3v) is 5.82. The van der Waals surface area contributed by atoms with Gasteiger partial charge in [-0.1, -0.05) is 26.2 Å². The van der Waals surface area contributed by atoms with E-state index in [-0.39, 0.29) is 36.1 Å². The number of aromatic amines is 1. The maximum absolute atomic E-state index is 12.5. The summed E-state index contributed by atoms with van der Waals surface area (Å²) in [5, 5.41) is 2.80. The molecule has 0 bridgehead atoms. The lowest BCUT2D eigenvalue weighted by Gasteiger charge is -2.19. The van der Waals surface area contributed by atoms with Crippen molar-refractivity contribution in [3.63, 3.8) is 0 Å². The van der Waals surface area contributed by atoms with Crippen LogP contribution in [0.3, 0.4) is 0 Å². The summed E-state index contributed by atoms with van der Waals surface area (Å²) >= 11 is 0. The highest BCUT2D eigenvalue weighted by atomic mass is 16.2. The minimum Gasteiger partial charge on any atom is -0.342 e. The average Bonchev–Trinajstić information content (AvgIpc) is 3.20. The van der Waals surface area contributed by atoms with Crippen molar-refractivity contribution < 1.29 is 14.4 Å². The lowest BCUT2D eigenvalue weighted by atomic mass is 9.81. The summed E-state index contributed by atoms with van der Waals surface area (Å²) in [6, 6.07) is 5.48. The molecular weight excluding hydrogens is 356 g/mol. The Morgan fingerprint density at radius 2 is 1.93 bits per heavy atom. The van der Waals surface area contributed by atoms with Crippen LogP contribution in [-0.4, -0.2) is 39.1 Å². The van der Waals surface area contributed by atoms with Crippen LogP contribution in [-0.2, 0) is 20.8 Å². The number of likely N-dealkylation sites (tertiary alicyclic amines) is 1. The molecule has 148 valence electrons. The highest BCUT2D eigenvalue weighted by Gasteiger charge is 2.48. The van der Waals surface area contributed by atoms with Gasteiger partial charge < -0.3 is 10.3 Å². The molecule has 28 heavy (non-hydrogen) atoms. The minimum atomic E-state index is -0.356. The Hall–Kier alpha value is -2.70. The van der Waals surface area contributed by atoms with Gasteiger partial charge in [-0.05, 0) is 37.5 Å². The van der Waals surface area contributed by atoms with E-state index in [1.807, 2.05) is 12.1 Å². The van der Waals surface area contributed by atoms with E-state index in [1.165, 1.54) is 0 Å². The van der Waals surface area contributed by atoms with Crippen LogP contribution in [0.25, 0.3) is 11.0 Å². The molecule has 2 atom stereocenters. The van der Waals surface area contributed by atoms with Gasteiger partial charge in [0.2, 0.25) is 17.7 Å². The number of fused-ring (bicyclic) bond motifs is 2. The summed E-state index contributed by atoms with van der Waals surface area (Å²) < 4.78 is 0. The molecule has 4 rings (SSSR count). The highest BCUT2D eigenvalue weighted by molar-refractivity contribution is 6.08. The van der Waals surface area contributed by atoms with Gasteiger partial charge in [0.05, 0.1) is 22.9 Å². The lowest BCUT2D eigenvalue weighted by molar-refractivity contribution is -0.142. The van der Waals surface area contributed by atoms with Crippen LogP contribution >= 0.6 is 0 Å². The molecule has 2 unspecified atom stereocenters. The zero-order valence-corrected chi connectivity index (χ0v) is 16.2. The van der Waals surface area contributed by atoms with Gasteiger partial charge in [-0.25, -0.2) is 4.98 Å². The van der Waals surface area contributed by atoms with E-state index in [9.17, 15) is 14.4 Å². The number of carbonyl (C=O) groups excluding carboxylic acids is 3. The van der Waals surface area contributed by atoms with Gasteiger partial charge in [0.1, 0.15) is 12.4 Å². The quantitative estimate of drug-likeness (QED) is 0.751. The maximum atomic E-state index is 12.5. The number of aryl methyl sites for hydroxylation is 1. The molecule has 1 aliphatic heterocycles. The first-order valence-corrected chi connectivity index (χ1v) is 10.2. The summed E-state index contributed by atoms with van der Waals surface area (Å²) in [5.74, 6) is -0.237. The van der Waals surface area contributed by atoms with E-state index >= 15 is 0 Å². The van der Waals surface area contributed by atoms with Crippen LogP contribution in [0.15, 0.2) is 18.2 Å². The van der Waals surface area contributed by atoms with Crippen LogP contribution in [0.2, 0.25) is 0 Å². The van der Waals surface area contributed by atoms with Gasteiger partial charge in [0, 0.05) is 12.1 Å². The molecule has 2 heterocycles. The SMILES string of the molecule is CCCCc1nc2ccc(NC(=O)CN3C(=O)C4CCCCC4C3=O)cc2[nH]1. The van der Waals surface area contributed by atoms with E-state index in [2.05, 4.69) is 22.2 Å². The number of nitrogens with one attached hydrogen (secondary N) is 2. The monoisotopic (exact) mass is 382 g/mol. The second-order valence-corrected chi connectivity index (χ2v) is 7.83. The second kappa shape index (κ2) is 7.73. The van der Waals surface area contributed by atoms with Crippen molar-refractivity contribution in [2.75, 3.05) is 11.9 Å². The number of H-pyrrole nitrogens is 1. The number of imide groups is 1. The number of hydrogen-bond acceptors (Lipinski definition) is 4. The van der Waals surface area contributed by atoms with Gasteiger partial charge in [0.25, 0.3) is 0 Å². The van der Waals surface area contributed by atoms with Crippen molar-refractivity contribution in [1.29, 1.82) is 0 Å². The Labute approximate surface area is 163 Å². The molecule has 0 spiro atoms. The van der Waals surface area contributed by atoms with Gasteiger partial charge in [-0.2, -0.15) is 0 Å². The molecule has 1 saturated carbocycles. The fourth-order valence-corrected chi connectivity index (χ4v) is 4.33. The minimum absolute atomic E-state index is 0.186. The number of amides is 3. The summed E-state index contributed by atoms with van der Waals surface area (Å²) in [5.41, 5.74) is 2.35. The van der Waals surface area contributed by atoms with Crippen LogP contribution < -0.4 is 5.32 Å². The Kier molecular flexibility index (Phi) is 5.15. The molecule has 1 aromatic heterocycles. The molecule has 0 radical (unpaired) electrons. The third-order valence-electron chi connectivity index (χ3n) is 5.82. The third kappa shape index (κ3) is 3.53. The smallest absolute Gasteiger partial charge is 0.244 e. The van der Waals surface area contributed by atoms with E-state index in [1.54, 1.807) is 6.07 Å². The van der Waals surface area contributed by atoms with Gasteiger partial charge in [0.15, 0.2) is 0 Å². The topological polar surface area (TPSA) is 95.2 Å². The Balaban J connectivity index is 1.42. The standard InChI is InChI=1S/C21H26N4O3/c1-2-3-8-18-23-16-10-9-13(11-17(16)24-18)22-19(26)12-25-20(27)14-6-4-5-7-15(14)21(25)28/h9-11,14-15H,2-8,12H2,1H3,(H,22,26)(H,23,24). The van der Waals surface area contributed by atoms with E-state index in [0.29, 0.717) is 5.69 Å². The highest BCUT2D eigenvalue weighted by Crippen LogP contribution is 2.37. The molecule has 1 aliphatic carbocycles. The van der Waals surface area contributed by atoms with Crippen LogP contribution in [0.1, 0.15) is 51.3 Å². The normalized spacial score (nSPS) is 22.0. The Bertz CT molecular complexity index is 896. The first kappa shape index (κ1) is 18.7. The van der Waals surface area contributed by atoms with E-state index < -0.39 is 0 Å². The second-order valence-electron chi connectivity index (χ2n) is 7.83. The van der Waals surface area contributed by atoms with Crippen LogP contribution in [0.5, 0.6) is 0 Å². The Morgan fingerprint density at radius 3 is 2.61 bits per heavy atom. The number of benzene rings is 1. The average molecular weight is 382 g/mol. The number of unbranched alkanes of at least 4 members (excludes halogenated alkanes) is 1. The predicted octanol–water partition coefficient (Wildman–Crippen LogP) is 3.02. The van der Waals surface area contributed by atoms with Crippen molar-refractivity contribution >= 4 is 34.4 Å². The van der Waals surface area contributed by atoms with Crippen molar-refractivity contribution in [3.8, 4) is 0 Å². The number of hydrogen-bond donors (Lipinski definition) is 2. The number of nitrogens with zero attached hydrogens (tertiary/aromatic N) is 2. The first-order chi connectivity index (χ1) is 13.6. The molecule has 2 aromatic rings. The van der Waals surface area contributed by atoms with Crippen molar-refractivity contribution in [2.45, 2.75) is 51.9 Å². The predicted molar refractivity (Wildman–Crippen MR) is 106 cm³/mol. The largest absolute Gasteiger partial charge is 0.342 e. The molecule has 7 nitrogen and oxygen atoms in total. The van der Waals surface area contributed by atoms with Gasteiger partial charge >= 0.3 is 0 Å². The maximum Gasteiger partial charge on any atom is 0.244 e. The number of aromatic nitrogens is 2. The van der Waals surface area contributed by atoms with Crippen molar-refractivity contribution in [2.24, 2.45) is 11.8 Å². The van der Waals surface area contributed by atoms with Crippen LogP contribution in [0, 0.1) is 11.8 Å². The molecule has 1 saturated heterocycles. The lowest BCUT2D eigenvalue weighted by Crippen LogP contribution is -2.38. The summed E-state index contributed by atoms with van der Waals surface area (Å²) in [6.07, 6.45) is 6.54. The molecule has 2 N–H and O–H groups in total. The summed E-state index contributed by atoms with van der Waals surface area (Å²) in [7, 11) is 0. The molecule has 2 fully saturated rings. The Morgan fingerprint density at radius 1 is 1.21 bits per heavy atom. The van der Waals surface area contributed by atoms with E-state index in [4.69, 9.17) is 0 Å². The summed E-state index contributed by atoms with van der Waals surface area (Å²) in [4.78, 5) is 46.5. The van der Waals surface area contributed by atoms with Crippen LogP contribution in [0.4, 0.5) is 5.69 Å². The molecular formula is C21H26N4O3. The van der Waals surface area contributed by atoms with Crippen molar-refractivity contribution in [3.05, 3.63) is 24.0 Å². The number of anilines is 1. The zero-order chi connectivity index (χ0) is 19.7. The fourth-order valence-electron chi connectivity index (χ4n) is 4.33. The summed E-state index contributed by atoms with van der Waals surface area (Å²) in [6.45, 7) is 1.93. The molecule has 7 heteroatoms. The van der Waals surface area contributed by atoms with Gasteiger partial charge in [-0.3, -0.25) is 19.3 Å². The zero-order valence-electron chi connectivity index (χ0n) is 16.2. The number of carbonyl (C=O) groups is 3. The first-order valence-electron chi connectivity index (χ1n) is 10.2. The van der Waals surface area contributed by atoms with Crippen molar-refractivity contribution in [1.82, 2.24) is 14.9 Å². The molecule has 3 amide bonds. The number of imidazole rings is 1.